The first-order valence-corrected chi connectivity index (χ1v) is 13.2. The Balaban J connectivity index is 1.33. The summed E-state index contributed by atoms with van der Waals surface area (Å²) in [6, 6.07) is 4.60. The van der Waals surface area contributed by atoms with E-state index in [1.54, 1.807) is 6.20 Å². The summed E-state index contributed by atoms with van der Waals surface area (Å²) in [6.45, 7) is 7.34. The standard InChI is InChI=1S/C27H35N5O3/c1-18-13-24-22(14-21(18)27(34)31-16-20(17-31)30-9-4-2-3-5-10-30)25-23(26(33)29-24)15-28-32(25)19-7-6-11-35-12-8-19/h13-15,19-20H,2-12,16-17H2,1H3,(H,29,33). The van der Waals surface area contributed by atoms with Gasteiger partial charge in [0.2, 0.25) is 0 Å². The van der Waals surface area contributed by atoms with Gasteiger partial charge in [-0.05, 0) is 69.8 Å². The Hall–Kier alpha value is -2.71. The van der Waals surface area contributed by atoms with E-state index in [1.807, 2.05) is 28.6 Å². The second kappa shape index (κ2) is 9.39. The molecule has 186 valence electrons. The van der Waals surface area contributed by atoms with Crippen LogP contribution in [0.5, 0.6) is 0 Å². The Kier molecular flexibility index (Phi) is 6.10. The van der Waals surface area contributed by atoms with Gasteiger partial charge in [0, 0.05) is 43.3 Å². The summed E-state index contributed by atoms with van der Waals surface area (Å²) in [6.07, 6.45) is 9.66. The number of pyridine rings is 1. The van der Waals surface area contributed by atoms with Crippen LogP contribution in [0.15, 0.2) is 23.1 Å². The molecule has 3 fully saturated rings. The summed E-state index contributed by atoms with van der Waals surface area (Å²) < 4.78 is 7.66. The minimum absolute atomic E-state index is 0.0868. The molecule has 3 aliphatic heterocycles. The van der Waals surface area contributed by atoms with Crippen LogP contribution in [-0.2, 0) is 4.74 Å². The van der Waals surface area contributed by atoms with Crippen molar-refractivity contribution in [2.24, 2.45) is 0 Å². The molecule has 0 radical (unpaired) electrons. The SMILES string of the molecule is Cc1cc2[nH]c(=O)c3cnn(C4CCCOCC4)c3c2cc1C(=O)N1CC(N2CCCCCC2)C1. The molecule has 0 aliphatic carbocycles. The number of carbonyl (C=O) groups excluding carboxylic acids is 1. The van der Waals surface area contributed by atoms with Crippen LogP contribution in [0.2, 0.25) is 0 Å². The largest absolute Gasteiger partial charge is 0.381 e. The molecule has 8 heteroatoms. The Morgan fingerprint density at radius 2 is 1.80 bits per heavy atom. The average molecular weight is 478 g/mol. The number of carbonyl (C=O) groups is 1. The van der Waals surface area contributed by atoms with Crippen molar-refractivity contribution in [2.75, 3.05) is 39.4 Å². The summed E-state index contributed by atoms with van der Waals surface area (Å²) in [5.74, 6) is 0.0868. The van der Waals surface area contributed by atoms with Crippen molar-refractivity contribution in [2.45, 2.75) is 64.0 Å². The van der Waals surface area contributed by atoms with Crippen molar-refractivity contribution in [1.82, 2.24) is 24.6 Å². The van der Waals surface area contributed by atoms with Gasteiger partial charge in [-0.25, -0.2) is 0 Å². The van der Waals surface area contributed by atoms with Crippen molar-refractivity contribution in [3.63, 3.8) is 0 Å². The number of aromatic amines is 1. The van der Waals surface area contributed by atoms with Gasteiger partial charge in [0.1, 0.15) is 0 Å². The number of aryl methyl sites for hydroxylation is 1. The van der Waals surface area contributed by atoms with Crippen LogP contribution in [0.25, 0.3) is 21.8 Å². The zero-order chi connectivity index (χ0) is 23.9. The lowest BCUT2D eigenvalue weighted by atomic mass is 9.99. The molecule has 35 heavy (non-hydrogen) atoms. The fourth-order valence-corrected chi connectivity index (χ4v) is 6.12. The predicted octanol–water partition coefficient (Wildman–Crippen LogP) is 3.63. The fraction of sp³-hybridized carbons (Fsp3) is 0.593. The summed E-state index contributed by atoms with van der Waals surface area (Å²) in [4.78, 5) is 34.0. The highest BCUT2D eigenvalue weighted by Gasteiger charge is 2.36. The van der Waals surface area contributed by atoms with E-state index in [0.29, 0.717) is 18.0 Å². The lowest BCUT2D eigenvalue weighted by molar-refractivity contribution is 0.0274. The number of rotatable bonds is 3. The molecule has 1 atom stereocenters. The van der Waals surface area contributed by atoms with E-state index in [9.17, 15) is 9.59 Å². The Bertz CT molecular complexity index is 1290. The van der Waals surface area contributed by atoms with Crippen molar-refractivity contribution >= 4 is 27.7 Å². The van der Waals surface area contributed by atoms with Gasteiger partial charge in [0.15, 0.2) is 0 Å². The number of nitrogens with one attached hydrogen (secondary N) is 1. The molecule has 5 heterocycles. The molecule has 1 N–H and O–H groups in total. The van der Waals surface area contributed by atoms with E-state index in [0.717, 1.165) is 79.6 Å². The second-order valence-electron chi connectivity index (χ2n) is 10.5. The molecular weight excluding hydrogens is 442 g/mol. The molecule has 3 aromatic rings. The number of hydrogen-bond donors (Lipinski definition) is 1. The highest BCUT2D eigenvalue weighted by molar-refractivity contribution is 6.07. The highest BCUT2D eigenvalue weighted by atomic mass is 16.5. The van der Waals surface area contributed by atoms with Gasteiger partial charge >= 0.3 is 0 Å². The van der Waals surface area contributed by atoms with Gasteiger partial charge < -0.3 is 14.6 Å². The fourth-order valence-electron chi connectivity index (χ4n) is 6.12. The van der Waals surface area contributed by atoms with Crippen molar-refractivity contribution in [3.8, 4) is 0 Å². The lowest BCUT2D eigenvalue weighted by Crippen LogP contribution is -2.61. The Morgan fingerprint density at radius 3 is 2.60 bits per heavy atom. The van der Waals surface area contributed by atoms with E-state index >= 15 is 0 Å². The van der Waals surface area contributed by atoms with Crippen LogP contribution >= 0.6 is 0 Å². The maximum absolute atomic E-state index is 13.6. The first kappa shape index (κ1) is 22.7. The maximum atomic E-state index is 13.6. The zero-order valence-corrected chi connectivity index (χ0v) is 20.6. The number of likely N-dealkylation sites (tertiary alicyclic amines) is 2. The van der Waals surface area contributed by atoms with Crippen molar-refractivity contribution in [3.05, 3.63) is 39.8 Å². The van der Waals surface area contributed by atoms with Gasteiger partial charge in [-0.3, -0.25) is 19.2 Å². The third-order valence-corrected chi connectivity index (χ3v) is 8.21. The number of nitrogens with zero attached hydrogens (tertiary/aromatic N) is 4. The smallest absolute Gasteiger partial charge is 0.259 e. The molecular formula is C27H35N5O3. The number of aromatic nitrogens is 3. The van der Waals surface area contributed by atoms with E-state index in [2.05, 4.69) is 15.0 Å². The molecule has 0 spiro atoms. The third kappa shape index (κ3) is 4.16. The molecule has 3 aliphatic rings. The first-order chi connectivity index (χ1) is 17.1. The monoisotopic (exact) mass is 477 g/mol. The normalized spacial score (nSPS) is 22.8. The van der Waals surface area contributed by atoms with Gasteiger partial charge in [0.25, 0.3) is 11.5 Å². The minimum Gasteiger partial charge on any atom is -0.381 e. The van der Waals surface area contributed by atoms with Crippen LogP contribution in [0, 0.1) is 6.92 Å². The number of fused-ring (bicyclic) bond motifs is 3. The van der Waals surface area contributed by atoms with Gasteiger partial charge in [-0.15, -0.1) is 0 Å². The summed E-state index contributed by atoms with van der Waals surface area (Å²) in [5, 5.41) is 6.11. The van der Waals surface area contributed by atoms with E-state index in [4.69, 9.17) is 4.74 Å². The molecule has 0 saturated carbocycles. The maximum Gasteiger partial charge on any atom is 0.259 e. The molecule has 6 rings (SSSR count). The van der Waals surface area contributed by atoms with Crippen LogP contribution in [0.3, 0.4) is 0 Å². The van der Waals surface area contributed by atoms with Gasteiger partial charge in [0.05, 0.1) is 28.7 Å². The number of ether oxygens (including phenoxy) is 1. The van der Waals surface area contributed by atoms with E-state index in [1.165, 1.54) is 25.7 Å². The molecule has 1 unspecified atom stereocenters. The molecule has 1 amide bonds. The number of hydrogen-bond acceptors (Lipinski definition) is 5. The number of H-pyrrole nitrogens is 1. The Labute approximate surface area is 205 Å². The van der Waals surface area contributed by atoms with Crippen LogP contribution in [0.1, 0.15) is 66.9 Å². The predicted molar refractivity (Wildman–Crippen MR) is 136 cm³/mol. The molecule has 2 aromatic heterocycles. The lowest BCUT2D eigenvalue weighted by Gasteiger charge is -2.45. The van der Waals surface area contributed by atoms with E-state index < -0.39 is 0 Å². The number of benzene rings is 1. The molecule has 0 bridgehead atoms. The summed E-state index contributed by atoms with van der Waals surface area (Å²) in [7, 11) is 0. The third-order valence-electron chi connectivity index (χ3n) is 8.21. The molecule has 8 nitrogen and oxygen atoms in total. The quantitative estimate of drug-likeness (QED) is 0.623. The van der Waals surface area contributed by atoms with E-state index in [-0.39, 0.29) is 17.5 Å². The van der Waals surface area contributed by atoms with Crippen molar-refractivity contribution in [1.29, 1.82) is 0 Å². The van der Waals surface area contributed by atoms with Crippen LogP contribution in [-0.4, -0.2) is 75.9 Å². The van der Waals surface area contributed by atoms with Gasteiger partial charge in [-0.2, -0.15) is 5.10 Å². The molecule has 3 saturated heterocycles. The van der Waals surface area contributed by atoms with Crippen LogP contribution < -0.4 is 5.56 Å². The van der Waals surface area contributed by atoms with Crippen LogP contribution in [0.4, 0.5) is 0 Å². The van der Waals surface area contributed by atoms with Gasteiger partial charge in [-0.1, -0.05) is 12.8 Å². The van der Waals surface area contributed by atoms with Crippen molar-refractivity contribution < 1.29 is 9.53 Å². The molecule has 1 aromatic carbocycles. The second-order valence-corrected chi connectivity index (χ2v) is 10.5. The highest BCUT2D eigenvalue weighted by Crippen LogP contribution is 2.31. The minimum atomic E-state index is -0.134. The summed E-state index contributed by atoms with van der Waals surface area (Å²) in [5.41, 5.74) is 3.07. The number of amides is 1. The zero-order valence-electron chi connectivity index (χ0n) is 20.6. The topological polar surface area (TPSA) is 83.5 Å². The Morgan fingerprint density at radius 1 is 1.00 bits per heavy atom. The summed E-state index contributed by atoms with van der Waals surface area (Å²) >= 11 is 0. The first-order valence-electron chi connectivity index (χ1n) is 13.2. The average Bonchev–Trinajstić information content (AvgIpc) is 2.97.